The first-order chi connectivity index (χ1) is 9.35. The lowest BCUT2D eigenvalue weighted by atomic mass is 10.1. The van der Waals surface area contributed by atoms with Gasteiger partial charge in [-0.05, 0) is 31.0 Å². The molecule has 114 valence electrons. The fourth-order valence-corrected chi connectivity index (χ4v) is 3.24. The number of benzene rings is 1. The molecule has 0 fully saturated rings. The third-order valence-electron chi connectivity index (χ3n) is 2.97. The van der Waals surface area contributed by atoms with Crippen LogP contribution in [0.25, 0.3) is 0 Å². The molecular weight excluding hydrogens is 285 g/mol. The molecule has 0 radical (unpaired) electrons. The Morgan fingerprint density at radius 3 is 2.60 bits per heavy atom. The highest BCUT2D eigenvalue weighted by atomic mass is 32.2. The first-order valence-corrected chi connectivity index (χ1v) is 7.75. The molecule has 0 spiro atoms. The van der Waals surface area contributed by atoms with Gasteiger partial charge in [-0.3, -0.25) is 0 Å². The van der Waals surface area contributed by atoms with E-state index in [0.29, 0.717) is 6.42 Å². The van der Waals surface area contributed by atoms with Gasteiger partial charge in [0, 0.05) is 18.7 Å². The summed E-state index contributed by atoms with van der Waals surface area (Å²) in [7, 11) is -2.28. The van der Waals surface area contributed by atoms with Crippen LogP contribution in [0.1, 0.15) is 24.5 Å². The Morgan fingerprint density at radius 1 is 1.45 bits per heavy atom. The Balaban J connectivity index is 3.12. The lowest BCUT2D eigenvalue weighted by Gasteiger charge is -2.17. The molecule has 5 nitrogen and oxygen atoms in total. The van der Waals surface area contributed by atoms with Crippen molar-refractivity contribution in [3.63, 3.8) is 0 Å². The predicted molar refractivity (Wildman–Crippen MR) is 73.3 cm³/mol. The number of halogens is 1. The second-order valence-corrected chi connectivity index (χ2v) is 6.27. The minimum Gasteiger partial charge on any atom is -0.392 e. The maximum Gasteiger partial charge on any atom is 0.240 e. The molecule has 1 unspecified atom stereocenters. The third kappa shape index (κ3) is 3.99. The van der Waals surface area contributed by atoms with E-state index in [1.165, 1.54) is 20.1 Å². The molecule has 20 heavy (non-hydrogen) atoms. The molecule has 0 heterocycles. The van der Waals surface area contributed by atoms with E-state index in [0.717, 1.165) is 6.07 Å². The lowest BCUT2D eigenvalue weighted by molar-refractivity contribution is 0.173. The Hall–Kier alpha value is -1.02. The van der Waals surface area contributed by atoms with E-state index in [-0.39, 0.29) is 28.7 Å². The summed E-state index contributed by atoms with van der Waals surface area (Å²) in [6.07, 6.45) is 0.570. The smallest absolute Gasteiger partial charge is 0.240 e. The van der Waals surface area contributed by atoms with Gasteiger partial charge in [0.15, 0.2) is 0 Å². The van der Waals surface area contributed by atoms with Gasteiger partial charge in [0.05, 0.1) is 18.1 Å². The van der Waals surface area contributed by atoms with Crippen LogP contribution < -0.4 is 4.72 Å². The summed E-state index contributed by atoms with van der Waals surface area (Å²) in [5, 5.41) is 9.07. The van der Waals surface area contributed by atoms with Gasteiger partial charge in [-0.15, -0.1) is 0 Å². The highest BCUT2D eigenvalue weighted by Crippen LogP contribution is 2.19. The van der Waals surface area contributed by atoms with Crippen LogP contribution in [0.2, 0.25) is 0 Å². The Morgan fingerprint density at radius 2 is 2.10 bits per heavy atom. The van der Waals surface area contributed by atoms with Crippen molar-refractivity contribution in [3.05, 3.63) is 29.1 Å². The monoisotopic (exact) mass is 305 g/mol. The second kappa shape index (κ2) is 7.12. The number of rotatable bonds is 7. The molecule has 1 aromatic carbocycles. The number of aliphatic hydroxyl groups is 1. The summed E-state index contributed by atoms with van der Waals surface area (Å²) in [5.41, 5.74) is 0.141. The van der Waals surface area contributed by atoms with Crippen LogP contribution in [0.4, 0.5) is 4.39 Å². The molecule has 0 aromatic heterocycles. The van der Waals surface area contributed by atoms with Crippen LogP contribution in [-0.2, 0) is 21.4 Å². The Labute approximate surface area is 118 Å². The standard InChI is InChI=1S/C13H20FNO4S/c1-4-11(8-19-3)15-20(17,18)12-5-9(2)13(14)10(6-12)7-16/h5-6,11,15-16H,4,7-8H2,1-3H3. The van der Waals surface area contributed by atoms with Gasteiger partial charge in [0.25, 0.3) is 0 Å². The van der Waals surface area contributed by atoms with Crippen LogP contribution in [0, 0.1) is 12.7 Å². The summed E-state index contributed by atoms with van der Waals surface area (Å²) in [5.74, 6) is -0.588. The average Bonchev–Trinajstić information content (AvgIpc) is 2.40. The topological polar surface area (TPSA) is 75.6 Å². The highest BCUT2D eigenvalue weighted by Gasteiger charge is 2.21. The maximum atomic E-state index is 13.6. The third-order valence-corrected chi connectivity index (χ3v) is 4.47. The largest absolute Gasteiger partial charge is 0.392 e. The minimum atomic E-state index is -3.77. The molecule has 0 saturated carbocycles. The number of sulfonamides is 1. The molecule has 1 atom stereocenters. The zero-order chi connectivity index (χ0) is 15.3. The van der Waals surface area contributed by atoms with Gasteiger partial charge in [0.1, 0.15) is 5.82 Å². The van der Waals surface area contributed by atoms with Crippen molar-refractivity contribution >= 4 is 10.0 Å². The van der Waals surface area contributed by atoms with Crippen LogP contribution in [0.3, 0.4) is 0 Å². The van der Waals surface area contributed by atoms with Crippen LogP contribution >= 0.6 is 0 Å². The number of ether oxygens (including phenoxy) is 1. The van der Waals surface area contributed by atoms with Crippen molar-refractivity contribution in [1.82, 2.24) is 4.72 Å². The first-order valence-electron chi connectivity index (χ1n) is 6.26. The Bertz CT molecular complexity index is 560. The fraction of sp³-hybridized carbons (Fsp3) is 0.538. The highest BCUT2D eigenvalue weighted by molar-refractivity contribution is 7.89. The molecule has 1 rings (SSSR count). The zero-order valence-corrected chi connectivity index (χ0v) is 12.6. The van der Waals surface area contributed by atoms with Crippen molar-refractivity contribution in [3.8, 4) is 0 Å². The molecule has 7 heteroatoms. The van der Waals surface area contributed by atoms with Crippen LogP contribution in [0.15, 0.2) is 17.0 Å². The number of hydrogen-bond acceptors (Lipinski definition) is 4. The maximum absolute atomic E-state index is 13.6. The first kappa shape index (κ1) is 17.0. The molecule has 2 N–H and O–H groups in total. The van der Waals surface area contributed by atoms with Crippen molar-refractivity contribution in [1.29, 1.82) is 0 Å². The number of methoxy groups -OCH3 is 1. The van der Waals surface area contributed by atoms with E-state index in [2.05, 4.69) is 4.72 Å². The van der Waals surface area contributed by atoms with E-state index in [4.69, 9.17) is 9.84 Å². The summed E-state index contributed by atoms with van der Waals surface area (Å²) in [4.78, 5) is -0.0602. The van der Waals surface area contributed by atoms with Crippen molar-refractivity contribution < 1.29 is 22.7 Å². The van der Waals surface area contributed by atoms with Crippen molar-refractivity contribution in [2.75, 3.05) is 13.7 Å². The van der Waals surface area contributed by atoms with Gasteiger partial charge in [-0.25, -0.2) is 17.5 Å². The molecule has 0 saturated heterocycles. The van der Waals surface area contributed by atoms with Crippen molar-refractivity contribution in [2.45, 2.75) is 37.8 Å². The number of aryl methyl sites for hydroxylation is 1. The molecule has 0 bridgehead atoms. The van der Waals surface area contributed by atoms with Gasteiger partial charge >= 0.3 is 0 Å². The predicted octanol–water partition coefficient (Wildman–Crippen LogP) is 1.33. The van der Waals surface area contributed by atoms with Gasteiger partial charge in [0.2, 0.25) is 10.0 Å². The molecule has 0 aliphatic rings. The SMILES string of the molecule is CCC(COC)NS(=O)(=O)c1cc(C)c(F)c(CO)c1. The normalized spacial score (nSPS) is 13.4. The number of nitrogens with one attached hydrogen (secondary N) is 1. The molecule has 0 aliphatic carbocycles. The van der Waals surface area contributed by atoms with E-state index in [1.807, 2.05) is 6.92 Å². The molecule has 0 amide bonds. The average molecular weight is 305 g/mol. The molecule has 0 aliphatic heterocycles. The number of hydrogen-bond donors (Lipinski definition) is 2. The lowest BCUT2D eigenvalue weighted by Crippen LogP contribution is -2.37. The summed E-state index contributed by atoms with van der Waals surface area (Å²) in [6.45, 7) is 3.00. The number of aliphatic hydroxyl groups excluding tert-OH is 1. The van der Waals surface area contributed by atoms with Gasteiger partial charge in [-0.2, -0.15) is 0 Å². The summed E-state index contributed by atoms with van der Waals surface area (Å²) in [6, 6.07) is 2.04. The summed E-state index contributed by atoms with van der Waals surface area (Å²) >= 11 is 0. The minimum absolute atomic E-state index is 0.0369. The quantitative estimate of drug-likeness (QED) is 0.797. The van der Waals surface area contributed by atoms with Gasteiger partial charge in [-0.1, -0.05) is 6.92 Å². The summed E-state index contributed by atoms with van der Waals surface area (Å²) < 4.78 is 45.5. The molecule has 1 aromatic rings. The van der Waals surface area contributed by atoms with E-state index < -0.39 is 22.4 Å². The van der Waals surface area contributed by atoms with Crippen LogP contribution in [0.5, 0.6) is 0 Å². The van der Waals surface area contributed by atoms with Gasteiger partial charge < -0.3 is 9.84 Å². The Kier molecular flexibility index (Phi) is 6.07. The van der Waals surface area contributed by atoms with E-state index >= 15 is 0 Å². The second-order valence-electron chi connectivity index (χ2n) is 4.55. The molecular formula is C13H20FNO4S. The fourth-order valence-electron chi connectivity index (χ4n) is 1.80. The van der Waals surface area contributed by atoms with E-state index in [1.54, 1.807) is 0 Å². The van der Waals surface area contributed by atoms with E-state index in [9.17, 15) is 12.8 Å². The van der Waals surface area contributed by atoms with Crippen LogP contribution in [-0.4, -0.2) is 33.3 Å². The van der Waals surface area contributed by atoms with Crippen molar-refractivity contribution in [2.24, 2.45) is 0 Å². The zero-order valence-electron chi connectivity index (χ0n) is 11.8.